The lowest BCUT2D eigenvalue weighted by Gasteiger charge is -2.21. The third-order valence-corrected chi connectivity index (χ3v) is 7.66. The first kappa shape index (κ1) is 22.5. The van der Waals surface area contributed by atoms with E-state index in [1.54, 1.807) is 27.7 Å². The fourth-order valence-electron chi connectivity index (χ4n) is 3.33. The summed E-state index contributed by atoms with van der Waals surface area (Å²) in [7, 11) is -3.78. The quantitative estimate of drug-likeness (QED) is 0.427. The van der Waals surface area contributed by atoms with Gasteiger partial charge in [-0.3, -0.25) is 0 Å². The molecule has 2 rings (SSSR count). The van der Waals surface area contributed by atoms with Crippen molar-refractivity contribution in [1.82, 2.24) is 19.9 Å². The second-order valence-corrected chi connectivity index (χ2v) is 9.32. The molecule has 2 heterocycles. The van der Waals surface area contributed by atoms with Crippen LogP contribution in [0.15, 0.2) is 0 Å². The number of hydrogen-bond donors (Lipinski definition) is 2. The van der Waals surface area contributed by atoms with E-state index >= 15 is 0 Å². The second-order valence-electron chi connectivity index (χ2n) is 6.81. The minimum absolute atomic E-state index is 0.0828. The maximum atomic E-state index is 13.3. The number of nitro groups is 2. The number of aromatic amines is 2. The van der Waals surface area contributed by atoms with E-state index < -0.39 is 30.2 Å². The number of H-pyrrole nitrogens is 2. The Kier molecular flexibility index (Phi) is 6.72. The summed E-state index contributed by atoms with van der Waals surface area (Å²) in [5.74, 6) is 0.0211. The molecule has 0 saturated heterocycles. The molecule has 13 heteroatoms. The molecule has 2 aromatic heterocycles. The van der Waals surface area contributed by atoms with Gasteiger partial charge in [-0.25, -0.2) is 28.4 Å². The molecule has 0 fully saturated rings. The van der Waals surface area contributed by atoms with Gasteiger partial charge in [0.15, 0.2) is 21.5 Å². The highest BCUT2D eigenvalue weighted by atomic mass is 32.2. The Morgan fingerprint density at radius 1 is 0.862 bits per heavy atom. The molecule has 12 nitrogen and oxygen atoms in total. The molecule has 0 saturated carbocycles. The van der Waals surface area contributed by atoms with Gasteiger partial charge in [0, 0.05) is 26.7 Å². The first-order valence-corrected chi connectivity index (χ1v) is 10.7. The van der Waals surface area contributed by atoms with Crippen molar-refractivity contribution in [2.75, 3.05) is 0 Å². The van der Waals surface area contributed by atoms with Crippen molar-refractivity contribution in [2.24, 2.45) is 0 Å². The lowest BCUT2D eigenvalue weighted by atomic mass is 10.2. The maximum absolute atomic E-state index is 13.3. The first-order chi connectivity index (χ1) is 13.5. The van der Waals surface area contributed by atoms with Gasteiger partial charge in [0.05, 0.1) is 10.5 Å². The highest BCUT2D eigenvalue weighted by Gasteiger charge is 2.36. The van der Waals surface area contributed by atoms with Crippen LogP contribution >= 0.6 is 0 Å². The van der Waals surface area contributed by atoms with Crippen molar-refractivity contribution in [3.8, 4) is 0 Å². The van der Waals surface area contributed by atoms with Crippen LogP contribution in [0.3, 0.4) is 0 Å². The van der Waals surface area contributed by atoms with Crippen LogP contribution in [0.1, 0.15) is 49.7 Å². The van der Waals surface area contributed by atoms with Crippen LogP contribution in [0.4, 0.5) is 11.6 Å². The van der Waals surface area contributed by atoms with Crippen molar-refractivity contribution in [3.05, 3.63) is 43.3 Å². The van der Waals surface area contributed by atoms with Crippen LogP contribution in [0.25, 0.3) is 0 Å². The predicted molar refractivity (Wildman–Crippen MR) is 104 cm³/mol. The third kappa shape index (κ3) is 4.78. The number of imidazole rings is 2. The molecule has 0 aromatic carbocycles. The largest absolute Gasteiger partial charge is 0.358 e. The highest BCUT2D eigenvalue weighted by molar-refractivity contribution is 7.92. The van der Waals surface area contributed by atoms with E-state index in [9.17, 15) is 28.6 Å². The molecule has 2 atom stereocenters. The van der Waals surface area contributed by atoms with Crippen LogP contribution in [-0.2, 0) is 22.7 Å². The average Bonchev–Trinajstić information content (AvgIpc) is 3.19. The molecule has 0 amide bonds. The zero-order valence-electron chi connectivity index (χ0n) is 16.6. The molecule has 0 spiro atoms. The predicted octanol–water partition coefficient (Wildman–Crippen LogP) is 2.32. The number of aryl methyl sites for hydroxylation is 2. The molecule has 2 unspecified atom stereocenters. The number of nitrogens with one attached hydrogen (secondary N) is 2. The Morgan fingerprint density at radius 2 is 1.21 bits per heavy atom. The summed E-state index contributed by atoms with van der Waals surface area (Å²) < 4.78 is 26.5. The molecular weight excluding hydrogens is 404 g/mol. The van der Waals surface area contributed by atoms with Crippen LogP contribution in [0, 0.1) is 34.1 Å². The van der Waals surface area contributed by atoms with Crippen LogP contribution in [0.5, 0.6) is 0 Å². The maximum Gasteiger partial charge on any atom is 0.343 e. The molecule has 0 bridgehead atoms. The van der Waals surface area contributed by atoms with Crippen molar-refractivity contribution >= 4 is 21.5 Å². The van der Waals surface area contributed by atoms with E-state index in [0.717, 1.165) is 0 Å². The highest BCUT2D eigenvalue weighted by Crippen LogP contribution is 2.27. The Morgan fingerprint density at radius 3 is 1.48 bits per heavy atom. The monoisotopic (exact) mass is 428 g/mol. The molecule has 0 aliphatic heterocycles. The van der Waals surface area contributed by atoms with E-state index in [1.165, 1.54) is 0 Å². The smallest absolute Gasteiger partial charge is 0.343 e. The SMILES string of the molecule is CCC(Cc1nc(C)[nH]c1[N+](=O)[O-])S(=O)(=O)C(CC)Cc1nc(C)[nH]c1[N+](=O)[O-]. The van der Waals surface area contributed by atoms with Gasteiger partial charge < -0.3 is 20.2 Å². The fraction of sp³-hybridized carbons (Fsp3) is 0.625. The van der Waals surface area contributed by atoms with E-state index in [2.05, 4.69) is 19.9 Å². The zero-order valence-corrected chi connectivity index (χ0v) is 17.4. The van der Waals surface area contributed by atoms with Gasteiger partial charge in [0.25, 0.3) is 0 Å². The van der Waals surface area contributed by atoms with Gasteiger partial charge in [0.2, 0.25) is 0 Å². The first-order valence-electron chi connectivity index (χ1n) is 9.13. The van der Waals surface area contributed by atoms with Crippen molar-refractivity contribution in [3.63, 3.8) is 0 Å². The summed E-state index contributed by atoms with van der Waals surface area (Å²) in [4.78, 5) is 34.4. The number of nitrogens with zero attached hydrogens (tertiary/aromatic N) is 4. The molecular formula is C16H24N6O6S. The Balaban J connectivity index is 2.34. The molecule has 0 radical (unpaired) electrons. The van der Waals surface area contributed by atoms with Crippen LogP contribution in [0.2, 0.25) is 0 Å². The number of aromatic nitrogens is 4. The van der Waals surface area contributed by atoms with Gasteiger partial charge in [-0.1, -0.05) is 13.8 Å². The number of rotatable bonds is 10. The lowest BCUT2D eigenvalue weighted by molar-refractivity contribution is -0.390. The minimum atomic E-state index is -3.78. The van der Waals surface area contributed by atoms with Gasteiger partial charge in [0.1, 0.15) is 11.4 Å². The second kappa shape index (κ2) is 8.68. The van der Waals surface area contributed by atoms with Gasteiger partial charge in [-0.05, 0) is 22.7 Å². The summed E-state index contributed by atoms with van der Waals surface area (Å²) in [6.45, 7) is 6.47. The van der Waals surface area contributed by atoms with E-state index in [0.29, 0.717) is 11.6 Å². The topological polar surface area (TPSA) is 178 Å². The lowest BCUT2D eigenvalue weighted by Crippen LogP contribution is -2.35. The van der Waals surface area contributed by atoms with Gasteiger partial charge in [-0.15, -0.1) is 0 Å². The summed E-state index contributed by atoms with van der Waals surface area (Å²) in [6.07, 6.45) is 0.225. The Bertz CT molecular complexity index is 937. The summed E-state index contributed by atoms with van der Waals surface area (Å²) in [5.41, 5.74) is 0.166. The fourth-order valence-corrected chi connectivity index (χ4v) is 5.58. The average molecular weight is 428 g/mol. The van der Waals surface area contributed by atoms with Crippen molar-refractivity contribution in [2.45, 2.75) is 63.9 Å². The van der Waals surface area contributed by atoms with Crippen molar-refractivity contribution < 1.29 is 18.3 Å². The molecule has 0 aliphatic rings. The molecule has 29 heavy (non-hydrogen) atoms. The third-order valence-electron chi connectivity index (χ3n) is 4.80. The van der Waals surface area contributed by atoms with Crippen LogP contribution in [-0.4, -0.2) is 48.7 Å². The molecule has 2 N–H and O–H groups in total. The number of sulfone groups is 1. The summed E-state index contributed by atoms with van der Waals surface area (Å²) >= 11 is 0. The normalized spacial score (nSPS) is 13.9. The number of hydrogen-bond acceptors (Lipinski definition) is 8. The zero-order chi connectivity index (χ0) is 21.9. The van der Waals surface area contributed by atoms with E-state index in [4.69, 9.17) is 0 Å². The standard InChI is InChI=1S/C16H24N6O6S/c1-5-11(7-13-15(21(23)24)19-9(3)17-13)29(27,28)12(6-2)8-14-16(22(25)26)20-10(4)18-14/h11-12H,5-8H2,1-4H3,(H,17,19)(H,18,20). The molecule has 160 valence electrons. The van der Waals surface area contributed by atoms with E-state index in [-0.39, 0.29) is 48.7 Å². The molecule has 2 aromatic rings. The van der Waals surface area contributed by atoms with Crippen LogP contribution < -0.4 is 0 Å². The van der Waals surface area contributed by atoms with Gasteiger partial charge >= 0.3 is 11.6 Å². The van der Waals surface area contributed by atoms with E-state index in [1.807, 2.05) is 0 Å². The van der Waals surface area contributed by atoms with Gasteiger partial charge in [-0.2, -0.15) is 0 Å². The molecule has 0 aliphatic carbocycles. The Labute approximate surface area is 167 Å². The Hall–Kier alpha value is -2.83. The minimum Gasteiger partial charge on any atom is -0.358 e. The summed E-state index contributed by atoms with van der Waals surface area (Å²) in [5, 5.41) is 20.6. The summed E-state index contributed by atoms with van der Waals surface area (Å²) in [6, 6.07) is 0. The van der Waals surface area contributed by atoms with Crippen molar-refractivity contribution in [1.29, 1.82) is 0 Å².